The molecule has 0 amide bonds. The Morgan fingerprint density at radius 2 is 2.19 bits per heavy atom. The topological polar surface area (TPSA) is 47.0 Å². The summed E-state index contributed by atoms with van der Waals surface area (Å²) >= 11 is 3.28. The molecule has 1 aromatic heterocycles. The van der Waals surface area contributed by atoms with Crippen molar-refractivity contribution < 1.29 is 4.74 Å². The predicted octanol–water partition coefficient (Wildman–Crippen LogP) is 2.04. The molecule has 1 aromatic rings. The maximum Gasteiger partial charge on any atom is 0.316 e. The standard InChI is InChI=1S/C10H14BrN3O.ClH/c11-9-5-13-10(14-6-9)15-7-8-2-1-3-12-4-8;/h5-6,8,12H,1-4,7H2;1H. The molecule has 1 saturated heterocycles. The normalized spacial score (nSPS) is 19.9. The van der Waals surface area contributed by atoms with E-state index in [0.29, 0.717) is 18.5 Å². The van der Waals surface area contributed by atoms with E-state index in [2.05, 4.69) is 31.2 Å². The molecule has 1 aliphatic heterocycles. The zero-order valence-corrected chi connectivity index (χ0v) is 11.3. The van der Waals surface area contributed by atoms with Gasteiger partial charge in [-0.05, 0) is 35.3 Å². The second-order valence-corrected chi connectivity index (χ2v) is 4.62. The Labute approximate surface area is 110 Å². The van der Waals surface area contributed by atoms with E-state index in [1.165, 1.54) is 12.8 Å². The number of aromatic nitrogens is 2. The second kappa shape index (κ2) is 7.04. The Morgan fingerprint density at radius 3 is 2.81 bits per heavy atom. The van der Waals surface area contributed by atoms with E-state index in [1.54, 1.807) is 12.4 Å². The Kier molecular flexibility index (Phi) is 6.01. The van der Waals surface area contributed by atoms with Crippen LogP contribution in [-0.4, -0.2) is 29.7 Å². The van der Waals surface area contributed by atoms with Crippen LogP contribution in [0.15, 0.2) is 16.9 Å². The fourth-order valence-corrected chi connectivity index (χ4v) is 1.84. The van der Waals surface area contributed by atoms with Gasteiger partial charge in [0.05, 0.1) is 11.1 Å². The average Bonchev–Trinajstić information content (AvgIpc) is 2.30. The number of piperidine rings is 1. The lowest BCUT2D eigenvalue weighted by molar-refractivity contribution is 0.205. The minimum Gasteiger partial charge on any atom is -0.463 e. The molecule has 90 valence electrons. The van der Waals surface area contributed by atoms with E-state index >= 15 is 0 Å². The molecule has 0 bridgehead atoms. The number of hydrogen-bond acceptors (Lipinski definition) is 4. The summed E-state index contributed by atoms with van der Waals surface area (Å²) in [7, 11) is 0. The van der Waals surface area contributed by atoms with Crippen molar-refractivity contribution >= 4 is 28.3 Å². The zero-order chi connectivity index (χ0) is 10.5. The zero-order valence-electron chi connectivity index (χ0n) is 8.86. The second-order valence-electron chi connectivity index (χ2n) is 3.71. The smallest absolute Gasteiger partial charge is 0.316 e. The van der Waals surface area contributed by atoms with E-state index < -0.39 is 0 Å². The van der Waals surface area contributed by atoms with Crippen molar-refractivity contribution in [1.82, 2.24) is 15.3 Å². The molecular formula is C10H15BrClN3O. The van der Waals surface area contributed by atoms with E-state index in [1.807, 2.05) is 0 Å². The molecule has 0 aromatic carbocycles. The van der Waals surface area contributed by atoms with Crippen LogP contribution in [-0.2, 0) is 0 Å². The molecule has 1 aliphatic rings. The van der Waals surface area contributed by atoms with Crippen LogP contribution in [0, 0.1) is 5.92 Å². The molecule has 2 heterocycles. The van der Waals surface area contributed by atoms with Gasteiger partial charge in [0, 0.05) is 24.9 Å². The minimum absolute atomic E-state index is 0. The molecule has 1 atom stereocenters. The molecule has 0 radical (unpaired) electrons. The number of hydrogen-bond donors (Lipinski definition) is 1. The SMILES string of the molecule is Brc1cnc(OCC2CCCNC2)nc1.Cl. The van der Waals surface area contributed by atoms with Crippen LogP contribution in [0.4, 0.5) is 0 Å². The van der Waals surface area contributed by atoms with Crippen molar-refractivity contribution in [3.63, 3.8) is 0 Å². The lowest BCUT2D eigenvalue weighted by Gasteiger charge is -2.22. The Balaban J connectivity index is 0.00000128. The van der Waals surface area contributed by atoms with Crippen LogP contribution in [0.2, 0.25) is 0 Å². The Bertz CT molecular complexity index is 303. The highest BCUT2D eigenvalue weighted by atomic mass is 79.9. The summed E-state index contributed by atoms with van der Waals surface area (Å²) in [6.07, 6.45) is 5.85. The molecule has 2 rings (SSSR count). The number of nitrogens with one attached hydrogen (secondary N) is 1. The van der Waals surface area contributed by atoms with Gasteiger partial charge in [-0.2, -0.15) is 0 Å². The van der Waals surface area contributed by atoms with E-state index in [9.17, 15) is 0 Å². The average molecular weight is 309 g/mol. The summed E-state index contributed by atoms with van der Waals surface area (Å²) in [6, 6.07) is 0.462. The molecule has 1 N–H and O–H groups in total. The summed E-state index contributed by atoms with van der Waals surface area (Å²) in [5, 5.41) is 3.35. The largest absolute Gasteiger partial charge is 0.463 e. The van der Waals surface area contributed by atoms with E-state index in [4.69, 9.17) is 4.74 Å². The summed E-state index contributed by atoms with van der Waals surface area (Å²) < 4.78 is 6.39. The number of ether oxygens (including phenoxy) is 1. The van der Waals surface area contributed by atoms with Crippen LogP contribution >= 0.6 is 28.3 Å². The predicted molar refractivity (Wildman–Crippen MR) is 68.1 cm³/mol. The van der Waals surface area contributed by atoms with Crippen molar-refractivity contribution in [2.75, 3.05) is 19.7 Å². The van der Waals surface area contributed by atoms with Gasteiger partial charge in [-0.25, -0.2) is 9.97 Å². The lowest BCUT2D eigenvalue weighted by Crippen LogP contribution is -2.33. The van der Waals surface area contributed by atoms with Crippen molar-refractivity contribution in [2.24, 2.45) is 5.92 Å². The van der Waals surface area contributed by atoms with Crippen molar-refractivity contribution in [2.45, 2.75) is 12.8 Å². The summed E-state index contributed by atoms with van der Waals surface area (Å²) in [5.41, 5.74) is 0. The first-order valence-electron chi connectivity index (χ1n) is 5.15. The fourth-order valence-electron chi connectivity index (χ4n) is 1.63. The van der Waals surface area contributed by atoms with Crippen molar-refractivity contribution in [3.05, 3.63) is 16.9 Å². The third-order valence-electron chi connectivity index (χ3n) is 2.44. The van der Waals surface area contributed by atoms with Gasteiger partial charge < -0.3 is 10.1 Å². The van der Waals surface area contributed by atoms with Gasteiger partial charge >= 0.3 is 6.01 Å². The molecule has 16 heavy (non-hydrogen) atoms. The first-order chi connectivity index (χ1) is 7.34. The maximum absolute atomic E-state index is 5.52. The molecule has 1 unspecified atom stereocenters. The molecular weight excluding hydrogens is 293 g/mol. The van der Waals surface area contributed by atoms with E-state index in [-0.39, 0.29) is 12.4 Å². The highest BCUT2D eigenvalue weighted by molar-refractivity contribution is 9.10. The third-order valence-corrected chi connectivity index (χ3v) is 2.85. The van der Waals surface area contributed by atoms with Crippen LogP contribution in [0.25, 0.3) is 0 Å². The monoisotopic (exact) mass is 307 g/mol. The number of nitrogens with zero attached hydrogens (tertiary/aromatic N) is 2. The Morgan fingerprint density at radius 1 is 1.44 bits per heavy atom. The third kappa shape index (κ3) is 4.23. The van der Waals surface area contributed by atoms with E-state index in [0.717, 1.165) is 17.6 Å². The van der Waals surface area contributed by atoms with Crippen LogP contribution in [0.5, 0.6) is 6.01 Å². The first-order valence-corrected chi connectivity index (χ1v) is 5.95. The number of halogens is 2. The van der Waals surface area contributed by atoms with Gasteiger partial charge in [-0.3, -0.25) is 0 Å². The molecule has 0 saturated carbocycles. The summed E-state index contributed by atoms with van der Waals surface area (Å²) in [5.74, 6) is 0.589. The molecule has 1 fully saturated rings. The molecule has 4 nitrogen and oxygen atoms in total. The van der Waals surface area contributed by atoms with Crippen molar-refractivity contribution in [3.8, 4) is 6.01 Å². The summed E-state index contributed by atoms with van der Waals surface area (Å²) in [6.45, 7) is 2.87. The van der Waals surface area contributed by atoms with Gasteiger partial charge in [0.25, 0.3) is 0 Å². The van der Waals surface area contributed by atoms with Gasteiger partial charge in [0.15, 0.2) is 0 Å². The quantitative estimate of drug-likeness (QED) is 0.928. The lowest BCUT2D eigenvalue weighted by atomic mass is 10.0. The number of rotatable bonds is 3. The fraction of sp³-hybridized carbons (Fsp3) is 0.600. The Hall–Kier alpha value is -0.390. The molecule has 0 aliphatic carbocycles. The minimum atomic E-state index is 0. The van der Waals surface area contributed by atoms with Gasteiger partial charge in [-0.15, -0.1) is 12.4 Å². The van der Waals surface area contributed by atoms with Crippen LogP contribution in [0.1, 0.15) is 12.8 Å². The van der Waals surface area contributed by atoms with Gasteiger partial charge in [-0.1, -0.05) is 0 Å². The summed E-state index contributed by atoms with van der Waals surface area (Å²) in [4.78, 5) is 8.12. The van der Waals surface area contributed by atoms with Crippen LogP contribution in [0.3, 0.4) is 0 Å². The molecule has 6 heteroatoms. The highest BCUT2D eigenvalue weighted by Gasteiger charge is 2.13. The maximum atomic E-state index is 5.52. The highest BCUT2D eigenvalue weighted by Crippen LogP contribution is 2.12. The van der Waals surface area contributed by atoms with Crippen molar-refractivity contribution in [1.29, 1.82) is 0 Å². The van der Waals surface area contributed by atoms with Gasteiger partial charge in [0.1, 0.15) is 0 Å². The first kappa shape index (κ1) is 13.7. The van der Waals surface area contributed by atoms with Gasteiger partial charge in [0.2, 0.25) is 0 Å². The van der Waals surface area contributed by atoms with Crippen LogP contribution < -0.4 is 10.1 Å². The molecule has 0 spiro atoms.